The number of nitrogens with zero attached hydrogens (tertiary/aromatic N) is 1. The third-order valence-corrected chi connectivity index (χ3v) is 3.61. The molecular weight excluding hydrogens is 345 g/mol. The molecule has 1 aromatic carbocycles. The summed E-state index contributed by atoms with van der Waals surface area (Å²) >= 11 is 11.3. The molecule has 0 aliphatic carbocycles. The summed E-state index contributed by atoms with van der Waals surface area (Å²) in [4.78, 5) is 14.4. The number of hydrogen-bond donors (Lipinski definition) is 2. The molecule has 8 heteroatoms. The van der Waals surface area contributed by atoms with Crippen molar-refractivity contribution < 1.29 is 4.74 Å². The highest BCUT2D eigenvalue weighted by atomic mass is 35.5. The van der Waals surface area contributed by atoms with Crippen molar-refractivity contribution in [3.8, 4) is 17.0 Å². The second-order valence-corrected chi connectivity index (χ2v) is 5.29. The smallest absolute Gasteiger partial charge is 0.252 e. The molecule has 1 heterocycles. The van der Waals surface area contributed by atoms with Crippen LogP contribution >= 0.6 is 36.2 Å². The van der Waals surface area contributed by atoms with Gasteiger partial charge < -0.3 is 15.0 Å². The first kappa shape index (κ1) is 18.7. The summed E-state index contributed by atoms with van der Waals surface area (Å²) < 4.78 is 7.54. The van der Waals surface area contributed by atoms with Crippen LogP contribution in [0, 0.1) is 4.77 Å². The van der Waals surface area contributed by atoms with Gasteiger partial charge in [-0.2, -0.15) is 0 Å². The number of hydrogen-bond acceptors (Lipinski definition) is 4. The summed E-state index contributed by atoms with van der Waals surface area (Å²) in [5.41, 5.74) is 6.68. The summed E-state index contributed by atoms with van der Waals surface area (Å²) in [5, 5.41) is 0.558. The standard InChI is InChI=1S/C14H16ClN3O2S.ClH/c1-20-12-4-3-9(15)7-10(12)11-8-13(19)17-14(21)18(11)6-2-5-16;/h3-4,7-8H,2,5-6,16H2,1H3,(H,17,19,21);1H. The van der Waals surface area contributed by atoms with Crippen LogP contribution in [0.5, 0.6) is 5.75 Å². The molecule has 0 radical (unpaired) electrons. The fourth-order valence-electron chi connectivity index (χ4n) is 2.10. The highest BCUT2D eigenvalue weighted by molar-refractivity contribution is 7.71. The Morgan fingerprint density at radius 3 is 2.77 bits per heavy atom. The average Bonchev–Trinajstić information content (AvgIpc) is 2.45. The third-order valence-electron chi connectivity index (χ3n) is 3.06. The lowest BCUT2D eigenvalue weighted by molar-refractivity contribution is 0.416. The van der Waals surface area contributed by atoms with Crippen LogP contribution in [-0.4, -0.2) is 23.2 Å². The zero-order valence-corrected chi connectivity index (χ0v) is 14.4. The van der Waals surface area contributed by atoms with Crippen molar-refractivity contribution in [2.24, 2.45) is 5.73 Å². The van der Waals surface area contributed by atoms with Gasteiger partial charge in [0.15, 0.2) is 4.77 Å². The van der Waals surface area contributed by atoms with Crippen molar-refractivity contribution in [2.75, 3.05) is 13.7 Å². The zero-order chi connectivity index (χ0) is 15.4. The fraction of sp³-hybridized carbons (Fsp3) is 0.286. The molecule has 0 bridgehead atoms. The van der Waals surface area contributed by atoms with E-state index in [1.54, 1.807) is 25.3 Å². The minimum atomic E-state index is -0.263. The first-order chi connectivity index (χ1) is 10.1. The van der Waals surface area contributed by atoms with Crippen LogP contribution in [0.2, 0.25) is 5.02 Å². The molecule has 1 aromatic heterocycles. The van der Waals surface area contributed by atoms with E-state index in [4.69, 9.17) is 34.3 Å². The maximum Gasteiger partial charge on any atom is 0.252 e. The number of H-pyrrole nitrogens is 1. The molecule has 0 fully saturated rings. The van der Waals surface area contributed by atoms with Gasteiger partial charge in [0.25, 0.3) is 5.56 Å². The normalized spacial score (nSPS) is 10.1. The molecule has 0 saturated carbocycles. The lowest BCUT2D eigenvalue weighted by Crippen LogP contribution is -2.16. The summed E-state index contributed by atoms with van der Waals surface area (Å²) in [5.74, 6) is 0.626. The van der Waals surface area contributed by atoms with Crippen LogP contribution in [0.3, 0.4) is 0 Å². The van der Waals surface area contributed by atoms with Crippen LogP contribution in [0.15, 0.2) is 29.1 Å². The molecule has 5 nitrogen and oxygen atoms in total. The van der Waals surface area contributed by atoms with Crippen LogP contribution in [-0.2, 0) is 6.54 Å². The number of halogens is 2. The van der Waals surface area contributed by atoms with Gasteiger partial charge >= 0.3 is 0 Å². The van der Waals surface area contributed by atoms with Crippen molar-refractivity contribution in [3.05, 3.63) is 44.4 Å². The molecule has 0 atom stereocenters. The second kappa shape index (κ2) is 8.33. The molecular formula is C14H17Cl2N3O2S. The van der Waals surface area contributed by atoms with Crippen molar-refractivity contribution >= 4 is 36.2 Å². The van der Waals surface area contributed by atoms with Crippen LogP contribution in [0.4, 0.5) is 0 Å². The van der Waals surface area contributed by atoms with E-state index in [9.17, 15) is 4.79 Å². The predicted molar refractivity (Wildman–Crippen MR) is 93.8 cm³/mol. The van der Waals surface area contributed by atoms with Gasteiger partial charge in [0.2, 0.25) is 0 Å². The van der Waals surface area contributed by atoms with E-state index in [-0.39, 0.29) is 18.0 Å². The van der Waals surface area contributed by atoms with E-state index < -0.39 is 0 Å². The number of benzene rings is 1. The minimum Gasteiger partial charge on any atom is -0.496 e. The zero-order valence-electron chi connectivity index (χ0n) is 12.0. The van der Waals surface area contributed by atoms with Gasteiger partial charge in [-0.3, -0.25) is 9.78 Å². The van der Waals surface area contributed by atoms with Crippen molar-refractivity contribution in [1.29, 1.82) is 0 Å². The van der Waals surface area contributed by atoms with E-state index in [1.807, 2.05) is 4.57 Å². The molecule has 0 saturated heterocycles. The summed E-state index contributed by atoms with van der Waals surface area (Å²) in [7, 11) is 1.57. The number of rotatable bonds is 5. The Bertz CT molecular complexity index is 758. The lowest BCUT2D eigenvalue weighted by Gasteiger charge is -2.15. The Labute approximate surface area is 144 Å². The highest BCUT2D eigenvalue weighted by Crippen LogP contribution is 2.31. The molecule has 2 rings (SSSR count). The molecule has 120 valence electrons. The molecule has 0 spiro atoms. The van der Waals surface area contributed by atoms with E-state index in [0.717, 1.165) is 12.0 Å². The van der Waals surface area contributed by atoms with Gasteiger partial charge in [0.05, 0.1) is 12.8 Å². The Kier molecular flexibility index (Phi) is 7.09. The number of ether oxygens (including phenoxy) is 1. The Morgan fingerprint density at radius 1 is 1.41 bits per heavy atom. The monoisotopic (exact) mass is 361 g/mol. The van der Waals surface area contributed by atoms with E-state index in [2.05, 4.69) is 4.98 Å². The van der Waals surface area contributed by atoms with Crippen LogP contribution in [0.1, 0.15) is 6.42 Å². The highest BCUT2D eigenvalue weighted by Gasteiger charge is 2.12. The molecule has 2 aromatic rings. The van der Waals surface area contributed by atoms with E-state index in [1.165, 1.54) is 6.07 Å². The van der Waals surface area contributed by atoms with Gasteiger partial charge in [-0.15, -0.1) is 12.4 Å². The van der Waals surface area contributed by atoms with Gasteiger partial charge in [-0.1, -0.05) is 11.6 Å². The number of methoxy groups -OCH3 is 1. The summed E-state index contributed by atoms with van der Waals surface area (Å²) in [6.45, 7) is 1.14. The first-order valence-corrected chi connectivity index (χ1v) is 7.23. The molecule has 0 aliphatic rings. The van der Waals surface area contributed by atoms with E-state index in [0.29, 0.717) is 34.3 Å². The van der Waals surface area contributed by atoms with Crippen molar-refractivity contribution in [2.45, 2.75) is 13.0 Å². The number of aromatic amines is 1. The summed E-state index contributed by atoms with van der Waals surface area (Å²) in [6, 6.07) is 6.73. The fourth-order valence-corrected chi connectivity index (χ4v) is 2.56. The summed E-state index contributed by atoms with van der Waals surface area (Å²) in [6.07, 6.45) is 0.746. The van der Waals surface area contributed by atoms with Gasteiger partial charge in [-0.25, -0.2) is 0 Å². The van der Waals surface area contributed by atoms with Crippen LogP contribution < -0.4 is 16.0 Å². The average molecular weight is 362 g/mol. The maximum atomic E-state index is 11.8. The topological polar surface area (TPSA) is 73.0 Å². The van der Waals surface area contributed by atoms with Gasteiger partial charge in [0.1, 0.15) is 5.75 Å². The lowest BCUT2D eigenvalue weighted by atomic mass is 10.1. The molecule has 0 unspecified atom stereocenters. The quantitative estimate of drug-likeness (QED) is 0.802. The molecule has 3 N–H and O–H groups in total. The maximum absolute atomic E-state index is 11.8. The van der Waals surface area contributed by atoms with Gasteiger partial charge in [0, 0.05) is 23.2 Å². The third kappa shape index (κ3) is 4.10. The molecule has 0 aliphatic heterocycles. The van der Waals surface area contributed by atoms with Crippen LogP contribution in [0.25, 0.3) is 11.3 Å². The largest absolute Gasteiger partial charge is 0.496 e. The second-order valence-electron chi connectivity index (χ2n) is 4.46. The number of aromatic nitrogens is 2. The predicted octanol–water partition coefficient (Wildman–Crippen LogP) is 3.01. The molecule has 22 heavy (non-hydrogen) atoms. The minimum absolute atomic E-state index is 0. The first-order valence-electron chi connectivity index (χ1n) is 6.45. The Balaban J connectivity index is 0.00000242. The van der Waals surface area contributed by atoms with E-state index >= 15 is 0 Å². The molecule has 0 amide bonds. The number of nitrogens with two attached hydrogens (primary N) is 1. The van der Waals surface area contributed by atoms with Crippen molar-refractivity contribution in [1.82, 2.24) is 9.55 Å². The number of nitrogens with one attached hydrogen (secondary N) is 1. The van der Waals surface area contributed by atoms with Crippen molar-refractivity contribution in [3.63, 3.8) is 0 Å². The SMILES string of the molecule is COc1ccc(Cl)cc1-c1cc(=O)[nH]c(=S)n1CCCN.Cl. The Morgan fingerprint density at radius 2 is 2.14 bits per heavy atom. The van der Waals surface area contributed by atoms with Gasteiger partial charge in [-0.05, 0) is 43.4 Å². The Hall–Kier alpha value is -1.34.